The zero-order valence-corrected chi connectivity index (χ0v) is 16.6. The molecule has 9 heteroatoms. The summed E-state index contributed by atoms with van der Waals surface area (Å²) in [5.41, 5.74) is 1.05. The van der Waals surface area contributed by atoms with Gasteiger partial charge >= 0.3 is 18.0 Å². The molecule has 0 saturated carbocycles. The molecule has 27 heavy (non-hydrogen) atoms. The third-order valence-corrected chi connectivity index (χ3v) is 4.60. The third-order valence-electron chi connectivity index (χ3n) is 3.74. The highest BCUT2D eigenvalue weighted by Gasteiger charge is 2.34. The van der Waals surface area contributed by atoms with E-state index in [2.05, 4.69) is 10.6 Å². The van der Waals surface area contributed by atoms with Crippen molar-refractivity contribution < 1.29 is 23.9 Å². The quantitative estimate of drug-likeness (QED) is 0.638. The number of hydrogen-bond donors (Lipinski definition) is 2. The van der Waals surface area contributed by atoms with Crippen LogP contribution in [0.15, 0.2) is 35.5 Å². The van der Waals surface area contributed by atoms with Gasteiger partial charge in [0.05, 0.1) is 30.3 Å². The first-order valence-corrected chi connectivity index (χ1v) is 10.1. The van der Waals surface area contributed by atoms with Gasteiger partial charge in [-0.05, 0) is 30.9 Å². The Morgan fingerprint density at radius 3 is 2.56 bits per heavy atom. The van der Waals surface area contributed by atoms with Crippen molar-refractivity contribution in [3.05, 3.63) is 46.1 Å². The van der Waals surface area contributed by atoms with Crippen LogP contribution in [-0.2, 0) is 19.1 Å². The normalized spacial score (nSPS) is 16.4. The smallest absolute Gasteiger partial charge is 0.338 e. The van der Waals surface area contributed by atoms with Gasteiger partial charge in [0.25, 0.3) is 0 Å². The summed E-state index contributed by atoms with van der Waals surface area (Å²) in [7, 11) is 0. The number of rotatable bonds is 8. The summed E-state index contributed by atoms with van der Waals surface area (Å²) in [6.45, 7) is 1.63. The molecule has 0 fully saturated rings. The third kappa shape index (κ3) is 5.90. The van der Waals surface area contributed by atoms with Gasteiger partial charge in [0.15, 0.2) is 0 Å². The van der Waals surface area contributed by atoms with E-state index in [0.29, 0.717) is 16.3 Å². The first-order valence-electron chi connectivity index (χ1n) is 8.34. The zero-order chi connectivity index (χ0) is 19.8. The van der Waals surface area contributed by atoms with E-state index in [-0.39, 0.29) is 30.9 Å². The van der Waals surface area contributed by atoms with Gasteiger partial charge in [-0.25, -0.2) is 9.59 Å². The van der Waals surface area contributed by atoms with Crippen molar-refractivity contribution in [2.75, 3.05) is 25.2 Å². The number of amides is 2. The van der Waals surface area contributed by atoms with E-state index in [4.69, 9.17) is 21.1 Å². The van der Waals surface area contributed by atoms with E-state index < -0.39 is 24.0 Å². The Kier molecular flexibility index (Phi) is 7.99. The Bertz CT molecular complexity index is 736. The van der Waals surface area contributed by atoms with Gasteiger partial charge in [0.1, 0.15) is 6.61 Å². The maximum atomic E-state index is 12.5. The molecule has 1 atom stereocenters. The van der Waals surface area contributed by atoms with Crippen molar-refractivity contribution in [1.82, 2.24) is 10.6 Å². The van der Waals surface area contributed by atoms with E-state index >= 15 is 0 Å². The van der Waals surface area contributed by atoms with Crippen molar-refractivity contribution in [3.8, 4) is 0 Å². The molecule has 0 aliphatic carbocycles. The molecule has 146 valence electrons. The molecule has 0 aromatic heterocycles. The molecule has 0 spiro atoms. The fourth-order valence-corrected chi connectivity index (χ4v) is 2.99. The second kappa shape index (κ2) is 10.2. The van der Waals surface area contributed by atoms with Crippen LogP contribution < -0.4 is 10.6 Å². The summed E-state index contributed by atoms with van der Waals surface area (Å²) in [6, 6.07) is 5.50. The maximum absolute atomic E-state index is 12.5. The molecular weight excluding hydrogens is 392 g/mol. The second-order valence-corrected chi connectivity index (χ2v) is 7.02. The Labute approximate surface area is 166 Å². The summed E-state index contributed by atoms with van der Waals surface area (Å²) < 4.78 is 10.3. The number of nitrogens with one attached hydrogen (secondary N) is 2. The van der Waals surface area contributed by atoms with Crippen LogP contribution in [0.5, 0.6) is 0 Å². The van der Waals surface area contributed by atoms with Gasteiger partial charge in [-0.1, -0.05) is 23.7 Å². The lowest BCUT2D eigenvalue weighted by molar-refractivity contribution is -0.143. The molecule has 0 radical (unpaired) electrons. The predicted octanol–water partition coefficient (Wildman–Crippen LogP) is 2.81. The highest BCUT2D eigenvalue weighted by molar-refractivity contribution is 7.98. The molecule has 0 bridgehead atoms. The summed E-state index contributed by atoms with van der Waals surface area (Å²) in [6.07, 6.45) is 2.13. The molecule has 0 saturated heterocycles. The maximum Gasteiger partial charge on any atom is 0.338 e. The molecule has 1 aromatic carbocycles. The number of hydrogen-bond acceptors (Lipinski definition) is 6. The van der Waals surface area contributed by atoms with Crippen molar-refractivity contribution in [1.29, 1.82) is 0 Å². The molecule has 1 heterocycles. The van der Waals surface area contributed by atoms with Gasteiger partial charge < -0.3 is 20.1 Å². The minimum absolute atomic E-state index is 0.171. The average molecular weight is 413 g/mol. The van der Waals surface area contributed by atoms with Gasteiger partial charge in [-0.2, -0.15) is 11.8 Å². The molecule has 1 aromatic rings. The Balaban J connectivity index is 2.33. The number of urea groups is 1. The van der Waals surface area contributed by atoms with Crippen LogP contribution in [0.2, 0.25) is 5.02 Å². The Morgan fingerprint density at radius 2 is 1.93 bits per heavy atom. The largest absolute Gasteiger partial charge is 0.463 e. The van der Waals surface area contributed by atoms with Crippen molar-refractivity contribution >= 4 is 41.3 Å². The monoisotopic (exact) mass is 412 g/mol. The van der Waals surface area contributed by atoms with E-state index in [1.165, 1.54) is 11.8 Å². The van der Waals surface area contributed by atoms with Crippen LogP contribution in [0, 0.1) is 0 Å². The lowest BCUT2D eigenvalue weighted by Gasteiger charge is -2.29. The lowest BCUT2D eigenvalue weighted by Crippen LogP contribution is -2.47. The van der Waals surface area contributed by atoms with E-state index in [9.17, 15) is 14.4 Å². The SMILES string of the molecule is CCOC(=O)C1=C(COC(=O)CCSC)NC(=O)NC1c1ccc(Cl)cc1. The van der Waals surface area contributed by atoms with Crippen LogP contribution in [0.4, 0.5) is 4.79 Å². The van der Waals surface area contributed by atoms with Crippen LogP contribution in [-0.4, -0.2) is 43.2 Å². The average Bonchev–Trinajstić information content (AvgIpc) is 2.64. The van der Waals surface area contributed by atoms with Crippen molar-refractivity contribution in [2.45, 2.75) is 19.4 Å². The molecule has 7 nitrogen and oxygen atoms in total. The fraction of sp³-hybridized carbons (Fsp3) is 0.389. The Morgan fingerprint density at radius 1 is 1.22 bits per heavy atom. The van der Waals surface area contributed by atoms with Crippen LogP contribution in [0.1, 0.15) is 24.9 Å². The number of halogens is 1. The molecule has 1 unspecified atom stereocenters. The second-order valence-electron chi connectivity index (χ2n) is 5.60. The molecule has 1 aliphatic heterocycles. The number of benzene rings is 1. The summed E-state index contributed by atoms with van der Waals surface area (Å²) in [5.74, 6) is -0.375. The number of carbonyl (C=O) groups is 3. The number of thioether (sulfide) groups is 1. The number of ether oxygens (including phenoxy) is 2. The number of carbonyl (C=O) groups excluding carboxylic acids is 3. The van der Waals surface area contributed by atoms with Crippen LogP contribution >= 0.6 is 23.4 Å². The molecule has 2 N–H and O–H groups in total. The molecule has 1 aliphatic rings. The minimum Gasteiger partial charge on any atom is -0.463 e. The standard InChI is InChI=1S/C18H21ClN2O5S/c1-3-25-17(23)15-13(10-26-14(22)8-9-27-2)20-18(24)21-16(15)11-4-6-12(19)7-5-11/h4-7,16H,3,8-10H2,1-2H3,(H2,20,21,24). The minimum atomic E-state index is -0.741. The highest BCUT2D eigenvalue weighted by atomic mass is 35.5. The highest BCUT2D eigenvalue weighted by Crippen LogP contribution is 2.28. The van der Waals surface area contributed by atoms with E-state index in [0.717, 1.165) is 0 Å². The number of esters is 2. The first kappa shape index (κ1) is 21.1. The summed E-state index contributed by atoms with van der Waals surface area (Å²) >= 11 is 7.45. The topological polar surface area (TPSA) is 93.7 Å². The van der Waals surface area contributed by atoms with Gasteiger partial charge in [0, 0.05) is 10.8 Å². The summed E-state index contributed by atoms with van der Waals surface area (Å²) in [4.78, 5) is 36.4. The molecule has 2 amide bonds. The molecule has 2 rings (SSSR count). The van der Waals surface area contributed by atoms with Crippen molar-refractivity contribution in [3.63, 3.8) is 0 Å². The predicted molar refractivity (Wildman–Crippen MR) is 103 cm³/mol. The van der Waals surface area contributed by atoms with Gasteiger partial charge in [-0.15, -0.1) is 0 Å². The lowest BCUT2D eigenvalue weighted by atomic mass is 9.95. The van der Waals surface area contributed by atoms with Crippen LogP contribution in [0.3, 0.4) is 0 Å². The Hall–Kier alpha value is -2.19. The fourth-order valence-electron chi connectivity index (χ4n) is 2.50. The van der Waals surface area contributed by atoms with E-state index in [1.54, 1.807) is 31.2 Å². The van der Waals surface area contributed by atoms with E-state index in [1.807, 2.05) is 6.26 Å². The molecular formula is C18H21ClN2O5S. The zero-order valence-electron chi connectivity index (χ0n) is 15.0. The summed E-state index contributed by atoms with van der Waals surface area (Å²) in [5, 5.41) is 5.78. The van der Waals surface area contributed by atoms with Crippen LogP contribution in [0.25, 0.3) is 0 Å². The van der Waals surface area contributed by atoms with Crippen molar-refractivity contribution in [2.24, 2.45) is 0 Å². The van der Waals surface area contributed by atoms with Gasteiger partial charge in [0.2, 0.25) is 0 Å². The van der Waals surface area contributed by atoms with Gasteiger partial charge in [-0.3, -0.25) is 4.79 Å². The first-order chi connectivity index (χ1) is 13.0.